The molecule has 0 spiro atoms. The molecule has 84 valence electrons. The molecular formula is C12H9N3OS. The molecule has 2 aromatic heterocycles. The van der Waals surface area contributed by atoms with Gasteiger partial charge in [0.15, 0.2) is 0 Å². The highest BCUT2D eigenvalue weighted by molar-refractivity contribution is 7.13. The van der Waals surface area contributed by atoms with Gasteiger partial charge in [-0.3, -0.25) is 4.79 Å². The summed E-state index contributed by atoms with van der Waals surface area (Å²) in [5.41, 5.74) is 8.00. The summed E-state index contributed by atoms with van der Waals surface area (Å²) in [4.78, 5) is 19.9. The molecule has 3 rings (SSSR count). The first-order chi connectivity index (χ1) is 8.24. The summed E-state index contributed by atoms with van der Waals surface area (Å²) in [5, 5.41) is 1.92. The van der Waals surface area contributed by atoms with Crippen LogP contribution in [-0.2, 0) is 0 Å². The normalized spacial score (nSPS) is 10.8. The summed E-state index contributed by atoms with van der Waals surface area (Å²) < 4.78 is 0. The van der Waals surface area contributed by atoms with Gasteiger partial charge in [-0.1, -0.05) is 6.07 Å². The van der Waals surface area contributed by atoms with Crippen LogP contribution >= 0.6 is 11.3 Å². The molecule has 0 atom stereocenters. The van der Waals surface area contributed by atoms with E-state index >= 15 is 0 Å². The third kappa shape index (κ3) is 1.70. The van der Waals surface area contributed by atoms with Gasteiger partial charge < -0.3 is 10.7 Å². The quantitative estimate of drug-likeness (QED) is 0.644. The number of nitrogens with one attached hydrogen (secondary N) is 1. The average molecular weight is 243 g/mol. The fourth-order valence-electron chi connectivity index (χ4n) is 1.68. The summed E-state index contributed by atoms with van der Waals surface area (Å²) >= 11 is 1.49. The number of nitrogens with zero attached hydrogens (tertiary/aromatic N) is 1. The number of benzene rings is 1. The van der Waals surface area contributed by atoms with Crippen LogP contribution in [0, 0.1) is 0 Å². The third-order valence-electron chi connectivity index (χ3n) is 2.47. The maximum atomic E-state index is 11.9. The number of H-pyrrole nitrogens is 1. The number of thiophene rings is 1. The van der Waals surface area contributed by atoms with E-state index in [1.165, 1.54) is 11.3 Å². The lowest BCUT2D eigenvalue weighted by molar-refractivity contribution is 1.23. The molecule has 3 aromatic rings. The molecule has 0 saturated carbocycles. The van der Waals surface area contributed by atoms with Crippen molar-refractivity contribution in [3.8, 4) is 10.6 Å². The van der Waals surface area contributed by atoms with Crippen LogP contribution in [0.25, 0.3) is 21.6 Å². The molecule has 0 fully saturated rings. The minimum Gasteiger partial charge on any atom is -0.399 e. The van der Waals surface area contributed by atoms with Crippen molar-refractivity contribution in [2.45, 2.75) is 0 Å². The molecule has 5 heteroatoms. The van der Waals surface area contributed by atoms with E-state index in [9.17, 15) is 4.79 Å². The fourth-order valence-corrected chi connectivity index (χ4v) is 2.39. The number of nitrogen functional groups attached to an aromatic ring is 1. The van der Waals surface area contributed by atoms with E-state index in [4.69, 9.17) is 5.73 Å². The molecule has 0 bridgehead atoms. The Hall–Kier alpha value is -2.14. The van der Waals surface area contributed by atoms with Gasteiger partial charge >= 0.3 is 0 Å². The van der Waals surface area contributed by atoms with E-state index in [0.717, 1.165) is 4.88 Å². The van der Waals surface area contributed by atoms with Gasteiger partial charge in [-0.05, 0) is 29.6 Å². The predicted molar refractivity (Wildman–Crippen MR) is 70.1 cm³/mol. The summed E-state index contributed by atoms with van der Waals surface area (Å²) in [6.07, 6.45) is 0. The van der Waals surface area contributed by atoms with Crippen molar-refractivity contribution in [1.29, 1.82) is 0 Å². The van der Waals surface area contributed by atoms with Crippen LogP contribution in [0.15, 0.2) is 40.5 Å². The van der Waals surface area contributed by atoms with E-state index in [2.05, 4.69) is 9.97 Å². The zero-order chi connectivity index (χ0) is 11.8. The number of aromatic amines is 1. The molecule has 1 aromatic carbocycles. The molecule has 0 unspecified atom stereocenters. The highest BCUT2D eigenvalue weighted by atomic mass is 32.1. The lowest BCUT2D eigenvalue weighted by Crippen LogP contribution is -2.10. The van der Waals surface area contributed by atoms with Crippen LogP contribution in [0.2, 0.25) is 0 Å². The van der Waals surface area contributed by atoms with E-state index in [1.54, 1.807) is 18.2 Å². The Bertz CT molecular complexity index is 731. The van der Waals surface area contributed by atoms with Crippen molar-refractivity contribution in [2.24, 2.45) is 0 Å². The number of nitrogens with two attached hydrogens (primary N) is 1. The van der Waals surface area contributed by atoms with Gasteiger partial charge in [-0.15, -0.1) is 11.3 Å². The Kier molecular flexibility index (Phi) is 2.19. The second kappa shape index (κ2) is 3.71. The topological polar surface area (TPSA) is 71.8 Å². The van der Waals surface area contributed by atoms with Crippen molar-refractivity contribution >= 4 is 28.1 Å². The molecule has 4 nitrogen and oxygen atoms in total. The van der Waals surface area contributed by atoms with Gasteiger partial charge in [-0.25, -0.2) is 4.98 Å². The lowest BCUT2D eigenvalue weighted by atomic mass is 10.2. The van der Waals surface area contributed by atoms with Gasteiger partial charge in [0.2, 0.25) is 0 Å². The minimum atomic E-state index is -0.176. The first-order valence-electron chi connectivity index (χ1n) is 5.07. The van der Waals surface area contributed by atoms with Crippen LogP contribution in [0.3, 0.4) is 0 Å². The Morgan fingerprint density at radius 1 is 1.29 bits per heavy atom. The largest absolute Gasteiger partial charge is 0.399 e. The van der Waals surface area contributed by atoms with Crippen LogP contribution in [0.5, 0.6) is 0 Å². The van der Waals surface area contributed by atoms with Gasteiger partial charge in [0.25, 0.3) is 5.56 Å². The van der Waals surface area contributed by atoms with Crippen molar-refractivity contribution in [3.05, 3.63) is 46.1 Å². The number of rotatable bonds is 1. The zero-order valence-electron chi connectivity index (χ0n) is 8.81. The second-order valence-corrected chi connectivity index (χ2v) is 4.62. The van der Waals surface area contributed by atoms with E-state index in [1.807, 2.05) is 17.5 Å². The van der Waals surface area contributed by atoms with E-state index in [-0.39, 0.29) is 5.56 Å². The first kappa shape index (κ1) is 10.0. The molecule has 0 aliphatic heterocycles. The molecule has 0 aliphatic rings. The van der Waals surface area contributed by atoms with Gasteiger partial charge in [-0.2, -0.15) is 0 Å². The van der Waals surface area contributed by atoms with Gasteiger partial charge in [0.05, 0.1) is 15.9 Å². The Balaban J connectivity index is 2.33. The van der Waals surface area contributed by atoms with Crippen LogP contribution < -0.4 is 11.3 Å². The van der Waals surface area contributed by atoms with Gasteiger partial charge in [0.1, 0.15) is 5.69 Å². The van der Waals surface area contributed by atoms with Crippen LogP contribution in [0.1, 0.15) is 0 Å². The van der Waals surface area contributed by atoms with E-state index in [0.29, 0.717) is 22.4 Å². The second-order valence-electron chi connectivity index (χ2n) is 3.67. The molecule has 0 radical (unpaired) electrons. The molecule has 0 saturated heterocycles. The first-order valence-corrected chi connectivity index (χ1v) is 5.95. The Morgan fingerprint density at radius 2 is 2.18 bits per heavy atom. The smallest absolute Gasteiger partial charge is 0.275 e. The van der Waals surface area contributed by atoms with Crippen LogP contribution in [-0.4, -0.2) is 9.97 Å². The number of hydrogen-bond donors (Lipinski definition) is 2. The van der Waals surface area contributed by atoms with Crippen molar-refractivity contribution in [3.63, 3.8) is 0 Å². The van der Waals surface area contributed by atoms with Crippen LogP contribution in [0.4, 0.5) is 5.69 Å². The van der Waals surface area contributed by atoms with Crippen molar-refractivity contribution in [2.75, 3.05) is 5.73 Å². The zero-order valence-corrected chi connectivity index (χ0v) is 9.62. The molecule has 0 aliphatic carbocycles. The number of fused-ring (bicyclic) bond motifs is 1. The Morgan fingerprint density at radius 3 is 2.94 bits per heavy atom. The summed E-state index contributed by atoms with van der Waals surface area (Å²) in [7, 11) is 0. The molecular weight excluding hydrogens is 234 g/mol. The summed E-state index contributed by atoms with van der Waals surface area (Å²) in [6, 6.07) is 9.02. The lowest BCUT2D eigenvalue weighted by Gasteiger charge is -2.01. The highest BCUT2D eigenvalue weighted by Gasteiger charge is 2.08. The number of hydrogen-bond acceptors (Lipinski definition) is 4. The summed E-state index contributed by atoms with van der Waals surface area (Å²) in [6.45, 7) is 0. The SMILES string of the molecule is Nc1ccc2[nH]c(=O)c(-c3cccs3)nc2c1. The standard InChI is InChI=1S/C12H9N3OS/c13-7-3-4-8-9(6-7)14-11(12(16)15-8)10-2-1-5-17-10/h1-6H,13H2,(H,15,16). The third-order valence-corrected chi connectivity index (χ3v) is 3.35. The van der Waals surface area contributed by atoms with Gasteiger partial charge in [0, 0.05) is 5.69 Å². The number of anilines is 1. The molecule has 2 heterocycles. The summed E-state index contributed by atoms with van der Waals surface area (Å²) in [5.74, 6) is 0. The van der Waals surface area contributed by atoms with E-state index < -0.39 is 0 Å². The van der Waals surface area contributed by atoms with Crippen molar-refractivity contribution in [1.82, 2.24) is 9.97 Å². The number of aromatic nitrogens is 2. The molecule has 3 N–H and O–H groups in total. The molecule has 0 amide bonds. The minimum absolute atomic E-state index is 0.176. The van der Waals surface area contributed by atoms with Crippen molar-refractivity contribution < 1.29 is 0 Å². The average Bonchev–Trinajstić information content (AvgIpc) is 2.82. The fraction of sp³-hybridized carbons (Fsp3) is 0. The monoisotopic (exact) mass is 243 g/mol. The Labute approximate surface area is 101 Å². The maximum Gasteiger partial charge on any atom is 0.275 e. The maximum absolute atomic E-state index is 11.9. The molecule has 17 heavy (non-hydrogen) atoms. The predicted octanol–water partition coefficient (Wildman–Crippen LogP) is 2.23. The highest BCUT2D eigenvalue weighted by Crippen LogP contribution is 2.21.